The van der Waals surface area contributed by atoms with Crippen LogP contribution in [0.3, 0.4) is 0 Å². The van der Waals surface area contributed by atoms with Crippen LogP contribution in [0.4, 0.5) is 5.69 Å². The molecule has 0 saturated heterocycles. The van der Waals surface area contributed by atoms with Gasteiger partial charge in [-0.05, 0) is 86.1 Å². The molecular formula is C27H27N3O7. The fraction of sp³-hybridized carbons (Fsp3) is 0.185. The molecule has 3 aromatic carbocycles. The third-order valence-corrected chi connectivity index (χ3v) is 4.81. The Morgan fingerprint density at radius 1 is 0.811 bits per heavy atom. The number of rotatable bonds is 10. The lowest BCUT2D eigenvalue weighted by Crippen LogP contribution is -2.32. The molecular weight excluding hydrogens is 478 g/mol. The molecule has 3 rings (SSSR count). The summed E-state index contributed by atoms with van der Waals surface area (Å²) in [6.45, 7) is 4.51. The van der Waals surface area contributed by atoms with Gasteiger partial charge in [-0.2, -0.15) is 5.10 Å². The van der Waals surface area contributed by atoms with Gasteiger partial charge in [-0.3, -0.25) is 9.59 Å². The van der Waals surface area contributed by atoms with Gasteiger partial charge in [-0.1, -0.05) is 0 Å². The van der Waals surface area contributed by atoms with E-state index in [9.17, 15) is 14.4 Å². The number of hydrogen-bond donors (Lipinski definition) is 2. The van der Waals surface area contributed by atoms with Crippen LogP contribution in [0, 0.1) is 0 Å². The van der Waals surface area contributed by atoms with E-state index >= 15 is 0 Å². The third kappa shape index (κ3) is 7.82. The van der Waals surface area contributed by atoms with Crippen LogP contribution in [0.1, 0.15) is 29.8 Å². The van der Waals surface area contributed by atoms with Crippen molar-refractivity contribution in [2.45, 2.75) is 13.8 Å². The molecule has 0 aliphatic heterocycles. The van der Waals surface area contributed by atoms with Gasteiger partial charge in [0.1, 0.15) is 11.5 Å². The number of carbonyl (C=O) groups is 3. The average Bonchev–Trinajstić information content (AvgIpc) is 2.91. The molecule has 2 amide bonds. The van der Waals surface area contributed by atoms with Gasteiger partial charge in [-0.25, -0.2) is 10.2 Å². The van der Waals surface area contributed by atoms with Crippen LogP contribution in [0.25, 0.3) is 0 Å². The molecule has 10 heteroatoms. The van der Waals surface area contributed by atoms with Crippen molar-refractivity contribution >= 4 is 29.7 Å². The molecule has 192 valence electrons. The van der Waals surface area contributed by atoms with Crippen molar-refractivity contribution in [3.63, 3.8) is 0 Å². The highest BCUT2D eigenvalue weighted by molar-refractivity contribution is 6.39. The summed E-state index contributed by atoms with van der Waals surface area (Å²) in [5.41, 5.74) is 3.50. The number of methoxy groups -OCH3 is 1. The largest absolute Gasteiger partial charge is 0.497 e. The summed E-state index contributed by atoms with van der Waals surface area (Å²) >= 11 is 0. The third-order valence-electron chi connectivity index (χ3n) is 4.81. The molecule has 0 spiro atoms. The Kier molecular flexibility index (Phi) is 9.60. The van der Waals surface area contributed by atoms with Gasteiger partial charge in [0, 0.05) is 5.69 Å². The molecule has 0 aliphatic carbocycles. The summed E-state index contributed by atoms with van der Waals surface area (Å²) < 4.78 is 21.5. The number of nitrogens with zero attached hydrogens (tertiary/aromatic N) is 1. The molecule has 10 nitrogen and oxygen atoms in total. The monoisotopic (exact) mass is 505 g/mol. The van der Waals surface area contributed by atoms with Crippen molar-refractivity contribution in [2.24, 2.45) is 5.10 Å². The molecule has 37 heavy (non-hydrogen) atoms. The molecule has 0 heterocycles. The van der Waals surface area contributed by atoms with E-state index in [1.165, 1.54) is 13.3 Å². The lowest BCUT2D eigenvalue weighted by atomic mass is 10.2. The zero-order chi connectivity index (χ0) is 26.6. The van der Waals surface area contributed by atoms with Crippen LogP contribution in [-0.4, -0.2) is 44.3 Å². The fourth-order valence-corrected chi connectivity index (χ4v) is 3.05. The number of anilines is 1. The Balaban J connectivity index is 1.59. The van der Waals surface area contributed by atoms with Gasteiger partial charge >= 0.3 is 17.8 Å². The summed E-state index contributed by atoms with van der Waals surface area (Å²) in [6, 6.07) is 17.9. The standard InChI is InChI=1S/C27H27N3O7/c1-4-35-22-13-9-20(10-14-22)29-25(31)26(32)30-28-17-18-6-15-23(24(16-18)36-5-2)37-27(33)19-7-11-21(34-3)12-8-19/h6-17H,4-5H2,1-3H3,(H,29,31)(H,30,32)/b28-17+. The molecule has 0 unspecified atom stereocenters. The molecule has 2 N–H and O–H groups in total. The number of benzene rings is 3. The van der Waals surface area contributed by atoms with E-state index in [1.54, 1.807) is 73.7 Å². The number of amides is 2. The molecule has 0 saturated carbocycles. The number of esters is 1. The molecule has 0 radical (unpaired) electrons. The van der Waals surface area contributed by atoms with Gasteiger partial charge in [0.05, 0.1) is 32.1 Å². The fourth-order valence-electron chi connectivity index (χ4n) is 3.05. The Labute approximate surface area is 214 Å². The zero-order valence-corrected chi connectivity index (χ0v) is 20.6. The van der Waals surface area contributed by atoms with Gasteiger partial charge in [0.2, 0.25) is 0 Å². The predicted octanol–water partition coefficient (Wildman–Crippen LogP) is 3.80. The lowest BCUT2D eigenvalue weighted by molar-refractivity contribution is -0.136. The summed E-state index contributed by atoms with van der Waals surface area (Å²) in [5.74, 6) is -0.571. The summed E-state index contributed by atoms with van der Waals surface area (Å²) in [4.78, 5) is 36.7. The van der Waals surface area contributed by atoms with Crippen LogP contribution in [0.2, 0.25) is 0 Å². The second-order valence-electron chi connectivity index (χ2n) is 7.37. The van der Waals surface area contributed by atoms with Crippen LogP contribution in [-0.2, 0) is 9.59 Å². The second-order valence-corrected chi connectivity index (χ2v) is 7.37. The SMILES string of the molecule is CCOc1ccc(NC(=O)C(=O)N/N=C/c2ccc(OC(=O)c3ccc(OC)cc3)c(OCC)c2)cc1. The Morgan fingerprint density at radius 3 is 2.14 bits per heavy atom. The summed E-state index contributed by atoms with van der Waals surface area (Å²) in [6.07, 6.45) is 1.33. The lowest BCUT2D eigenvalue weighted by Gasteiger charge is -2.11. The van der Waals surface area contributed by atoms with Gasteiger partial charge in [0.15, 0.2) is 11.5 Å². The highest BCUT2D eigenvalue weighted by atomic mass is 16.6. The molecule has 0 fully saturated rings. The van der Waals surface area contributed by atoms with Crippen molar-refractivity contribution in [2.75, 3.05) is 25.6 Å². The number of ether oxygens (including phenoxy) is 4. The number of nitrogens with one attached hydrogen (secondary N) is 2. The summed E-state index contributed by atoms with van der Waals surface area (Å²) in [7, 11) is 1.54. The minimum atomic E-state index is -0.944. The van der Waals surface area contributed by atoms with Crippen LogP contribution >= 0.6 is 0 Å². The van der Waals surface area contributed by atoms with Crippen molar-refractivity contribution < 1.29 is 33.3 Å². The number of hydrazone groups is 1. The number of hydrogen-bond acceptors (Lipinski definition) is 8. The smallest absolute Gasteiger partial charge is 0.343 e. The highest BCUT2D eigenvalue weighted by Crippen LogP contribution is 2.29. The van der Waals surface area contributed by atoms with E-state index in [-0.39, 0.29) is 5.75 Å². The van der Waals surface area contributed by atoms with E-state index in [0.717, 1.165) is 0 Å². The van der Waals surface area contributed by atoms with Crippen molar-refractivity contribution in [3.05, 3.63) is 77.9 Å². The van der Waals surface area contributed by atoms with E-state index in [0.29, 0.717) is 47.3 Å². The maximum absolute atomic E-state index is 12.5. The first kappa shape index (κ1) is 26.7. The first-order valence-corrected chi connectivity index (χ1v) is 11.4. The maximum atomic E-state index is 12.5. The van der Waals surface area contributed by atoms with E-state index in [1.807, 2.05) is 6.92 Å². The molecule has 0 aromatic heterocycles. The van der Waals surface area contributed by atoms with E-state index < -0.39 is 17.8 Å². The Morgan fingerprint density at radius 2 is 1.49 bits per heavy atom. The van der Waals surface area contributed by atoms with E-state index in [2.05, 4.69) is 15.8 Å². The maximum Gasteiger partial charge on any atom is 0.343 e. The predicted molar refractivity (Wildman–Crippen MR) is 138 cm³/mol. The minimum absolute atomic E-state index is 0.221. The van der Waals surface area contributed by atoms with Crippen molar-refractivity contribution in [1.29, 1.82) is 0 Å². The number of carbonyl (C=O) groups excluding carboxylic acids is 3. The van der Waals surface area contributed by atoms with Crippen LogP contribution in [0.5, 0.6) is 23.0 Å². The normalized spacial score (nSPS) is 10.5. The van der Waals surface area contributed by atoms with Gasteiger partial charge in [0.25, 0.3) is 0 Å². The molecule has 0 atom stereocenters. The summed E-state index contributed by atoms with van der Waals surface area (Å²) in [5, 5.41) is 6.29. The Bertz CT molecular complexity index is 1260. The average molecular weight is 506 g/mol. The highest BCUT2D eigenvalue weighted by Gasteiger charge is 2.15. The molecule has 0 aliphatic rings. The van der Waals surface area contributed by atoms with Gasteiger partial charge < -0.3 is 24.3 Å². The Hall–Kier alpha value is -4.86. The topological polar surface area (TPSA) is 125 Å². The molecule has 3 aromatic rings. The van der Waals surface area contributed by atoms with E-state index in [4.69, 9.17) is 18.9 Å². The van der Waals surface area contributed by atoms with Gasteiger partial charge in [-0.15, -0.1) is 0 Å². The van der Waals surface area contributed by atoms with Crippen molar-refractivity contribution in [1.82, 2.24) is 5.43 Å². The zero-order valence-electron chi connectivity index (χ0n) is 20.6. The van der Waals surface area contributed by atoms with Crippen LogP contribution < -0.4 is 29.7 Å². The first-order valence-electron chi connectivity index (χ1n) is 11.4. The second kappa shape index (κ2) is 13.3. The molecule has 0 bridgehead atoms. The quantitative estimate of drug-likeness (QED) is 0.141. The minimum Gasteiger partial charge on any atom is -0.497 e. The van der Waals surface area contributed by atoms with Crippen molar-refractivity contribution in [3.8, 4) is 23.0 Å². The first-order chi connectivity index (χ1) is 17.9. The van der Waals surface area contributed by atoms with Crippen LogP contribution in [0.15, 0.2) is 71.8 Å².